The first-order chi connectivity index (χ1) is 19.9. The van der Waals surface area contributed by atoms with Crippen LogP contribution in [-0.4, -0.2) is 62.5 Å². The summed E-state index contributed by atoms with van der Waals surface area (Å²) in [6, 6.07) is 20.6. The predicted molar refractivity (Wildman–Crippen MR) is 164 cm³/mol. The number of hydrogen-bond donors (Lipinski definition) is 2. The van der Waals surface area contributed by atoms with Crippen molar-refractivity contribution in [2.75, 3.05) is 44.7 Å². The topological polar surface area (TPSA) is 73.9 Å². The van der Waals surface area contributed by atoms with Gasteiger partial charge in [0, 0.05) is 29.7 Å². The Hall–Kier alpha value is -3.26. The lowest BCUT2D eigenvalue weighted by Crippen LogP contribution is -2.47. The Balaban J connectivity index is 1.35. The number of hydrogen-bond acceptors (Lipinski definition) is 5. The minimum atomic E-state index is -0.156. The average molecular weight is 596 g/mol. The monoisotopic (exact) mass is 594 g/mol. The van der Waals surface area contributed by atoms with Crippen LogP contribution < -0.4 is 20.3 Å². The number of nitrogens with one attached hydrogen (secondary N) is 2. The maximum Gasteiger partial charge on any atom is 0.242 e. The molecule has 0 aromatic heterocycles. The maximum absolute atomic E-state index is 13.7. The molecule has 2 N–H and O–H groups in total. The molecule has 1 atom stereocenters. The fraction of sp³-hybridized carbons (Fsp3) is 0.375. The summed E-state index contributed by atoms with van der Waals surface area (Å²) in [7, 11) is 1.84. The van der Waals surface area contributed by atoms with Gasteiger partial charge in [0.1, 0.15) is 5.75 Å². The van der Waals surface area contributed by atoms with Crippen molar-refractivity contribution in [3.8, 4) is 11.5 Å². The number of nitrogens with zero attached hydrogens (tertiary/aromatic N) is 2. The molecule has 41 heavy (non-hydrogen) atoms. The van der Waals surface area contributed by atoms with E-state index in [1.54, 1.807) is 47.4 Å². The second-order valence-corrected chi connectivity index (χ2v) is 11.7. The van der Waals surface area contributed by atoms with E-state index < -0.39 is 0 Å². The highest BCUT2D eigenvalue weighted by atomic mass is 35.5. The van der Waals surface area contributed by atoms with Crippen molar-refractivity contribution in [3.63, 3.8) is 0 Å². The smallest absolute Gasteiger partial charge is 0.242 e. The van der Waals surface area contributed by atoms with Crippen molar-refractivity contribution in [1.29, 1.82) is 0 Å². The number of carbonyl (C=O) groups excluding carboxylic acids is 2. The Morgan fingerprint density at radius 1 is 0.976 bits per heavy atom. The number of halogens is 2. The van der Waals surface area contributed by atoms with Crippen LogP contribution in [0.5, 0.6) is 11.5 Å². The number of benzene rings is 3. The van der Waals surface area contributed by atoms with Gasteiger partial charge in [0.25, 0.3) is 0 Å². The SMILES string of the molecule is CN(C(=O)CN(CC(=O)NCC1CCCNC1)c1cc(Cl)ccc1Oc1ccc(Cl)cc1)C1Cc2ccccc2C1. The Morgan fingerprint density at radius 2 is 1.68 bits per heavy atom. The van der Waals surface area contributed by atoms with Crippen LogP contribution in [0, 0.1) is 5.92 Å². The van der Waals surface area contributed by atoms with E-state index in [9.17, 15) is 9.59 Å². The van der Waals surface area contributed by atoms with Crippen LogP contribution in [0.15, 0.2) is 66.7 Å². The van der Waals surface area contributed by atoms with Gasteiger partial charge in [-0.25, -0.2) is 0 Å². The van der Waals surface area contributed by atoms with Crippen molar-refractivity contribution in [2.24, 2.45) is 5.92 Å². The highest BCUT2D eigenvalue weighted by molar-refractivity contribution is 6.31. The lowest BCUT2D eigenvalue weighted by molar-refractivity contribution is -0.130. The van der Waals surface area contributed by atoms with E-state index in [1.807, 2.05) is 24.1 Å². The zero-order valence-corrected chi connectivity index (χ0v) is 24.8. The summed E-state index contributed by atoms with van der Waals surface area (Å²) in [5.74, 6) is 1.23. The third-order valence-electron chi connectivity index (χ3n) is 7.92. The molecular weight excluding hydrogens is 559 g/mol. The highest BCUT2D eigenvalue weighted by Crippen LogP contribution is 2.35. The van der Waals surface area contributed by atoms with Gasteiger partial charge in [-0.1, -0.05) is 47.5 Å². The molecule has 0 saturated carbocycles. The number of rotatable bonds is 10. The van der Waals surface area contributed by atoms with Gasteiger partial charge in [0.15, 0.2) is 5.75 Å². The van der Waals surface area contributed by atoms with Crippen LogP contribution in [0.25, 0.3) is 0 Å². The molecule has 1 heterocycles. The van der Waals surface area contributed by atoms with E-state index in [0.717, 1.165) is 38.8 Å². The molecule has 5 rings (SSSR count). The molecule has 1 aliphatic heterocycles. The summed E-state index contributed by atoms with van der Waals surface area (Å²) in [5, 5.41) is 7.54. The van der Waals surface area contributed by atoms with E-state index in [0.29, 0.717) is 39.7 Å². The van der Waals surface area contributed by atoms with Crippen molar-refractivity contribution in [2.45, 2.75) is 31.7 Å². The Labute approximate surface area is 251 Å². The van der Waals surface area contributed by atoms with E-state index in [-0.39, 0.29) is 30.9 Å². The first kappa shape index (κ1) is 29.2. The molecule has 216 valence electrons. The van der Waals surface area contributed by atoms with Crippen LogP contribution in [0.2, 0.25) is 10.0 Å². The lowest BCUT2D eigenvalue weighted by Gasteiger charge is -2.31. The summed E-state index contributed by atoms with van der Waals surface area (Å²) < 4.78 is 6.20. The molecule has 2 aliphatic rings. The Kier molecular flexibility index (Phi) is 9.70. The summed E-state index contributed by atoms with van der Waals surface area (Å²) in [5.41, 5.74) is 3.12. The summed E-state index contributed by atoms with van der Waals surface area (Å²) in [4.78, 5) is 30.5. The Bertz CT molecular complexity index is 1340. The molecule has 0 bridgehead atoms. The third-order valence-corrected chi connectivity index (χ3v) is 8.41. The molecule has 0 radical (unpaired) electrons. The van der Waals surface area contributed by atoms with Crippen LogP contribution in [-0.2, 0) is 22.4 Å². The van der Waals surface area contributed by atoms with Crippen LogP contribution >= 0.6 is 23.2 Å². The van der Waals surface area contributed by atoms with Gasteiger partial charge in [-0.2, -0.15) is 0 Å². The van der Waals surface area contributed by atoms with E-state index in [1.165, 1.54) is 11.1 Å². The standard InChI is InChI=1S/C32H36Cl2N4O3/c1-37(27-15-23-6-2-3-7-24(23)16-27)32(40)21-38(20-31(39)36-19-22-5-4-14-35-18-22)29-17-26(34)10-13-30(29)41-28-11-8-25(33)9-12-28/h2-3,6-13,17,22,27,35H,4-5,14-16,18-21H2,1H3,(H,36,39). The molecule has 1 fully saturated rings. The number of likely N-dealkylation sites (N-methyl/N-ethyl adjacent to an activating group) is 1. The van der Waals surface area contributed by atoms with E-state index in [4.69, 9.17) is 27.9 Å². The van der Waals surface area contributed by atoms with Crippen molar-refractivity contribution in [3.05, 3.63) is 87.9 Å². The minimum Gasteiger partial charge on any atom is -0.455 e. The van der Waals surface area contributed by atoms with Gasteiger partial charge in [-0.05, 0) is 98.3 Å². The van der Waals surface area contributed by atoms with E-state index in [2.05, 4.69) is 22.8 Å². The van der Waals surface area contributed by atoms with Gasteiger partial charge in [-0.15, -0.1) is 0 Å². The predicted octanol–water partition coefficient (Wildman–Crippen LogP) is 5.33. The number of carbonyl (C=O) groups is 2. The molecule has 7 nitrogen and oxygen atoms in total. The van der Waals surface area contributed by atoms with Crippen LogP contribution in [0.1, 0.15) is 24.0 Å². The molecule has 1 saturated heterocycles. The molecule has 1 unspecified atom stereocenters. The largest absolute Gasteiger partial charge is 0.455 e. The van der Waals surface area contributed by atoms with Gasteiger partial charge < -0.3 is 25.2 Å². The zero-order valence-electron chi connectivity index (χ0n) is 23.2. The molecule has 9 heteroatoms. The van der Waals surface area contributed by atoms with E-state index >= 15 is 0 Å². The first-order valence-electron chi connectivity index (χ1n) is 14.1. The highest BCUT2D eigenvalue weighted by Gasteiger charge is 2.29. The number of piperidine rings is 1. The van der Waals surface area contributed by atoms with Gasteiger partial charge in [0.2, 0.25) is 11.8 Å². The molecular formula is C32H36Cl2N4O3. The van der Waals surface area contributed by atoms with Crippen molar-refractivity contribution in [1.82, 2.24) is 15.5 Å². The molecule has 0 spiro atoms. The van der Waals surface area contributed by atoms with Gasteiger partial charge in [0.05, 0.1) is 18.8 Å². The van der Waals surface area contributed by atoms with Gasteiger partial charge in [-0.3, -0.25) is 9.59 Å². The molecule has 2 amide bonds. The molecule has 3 aromatic rings. The van der Waals surface area contributed by atoms with Gasteiger partial charge >= 0.3 is 0 Å². The fourth-order valence-corrected chi connectivity index (χ4v) is 5.85. The minimum absolute atomic E-state index is 0.000923. The Morgan fingerprint density at radius 3 is 2.37 bits per heavy atom. The zero-order chi connectivity index (χ0) is 28.8. The second kappa shape index (κ2) is 13.6. The maximum atomic E-state index is 13.7. The second-order valence-electron chi connectivity index (χ2n) is 10.9. The summed E-state index contributed by atoms with van der Waals surface area (Å²) in [6.07, 6.45) is 3.82. The third kappa shape index (κ3) is 7.73. The molecule has 1 aliphatic carbocycles. The number of anilines is 1. The average Bonchev–Trinajstić information content (AvgIpc) is 3.42. The van der Waals surface area contributed by atoms with Crippen molar-refractivity contribution >= 4 is 40.7 Å². The summed E-state index contributed by atoms with van der Waals surface area (Å²) in [6.45, 7) is 2.49. The van der Waals surface area contributed by atoms with Crippen LogP contribution in [0.3, 0.4) is 0 Å². The lowest BCUT2D eigenvalue weighted by atomic mass is 10.00. The number of fused-ring (bicyclic) bond motifs is 1. The normalized spacial score (nSPS) is 16.6. The van der Waals surface area contributed by atoms with Crippen molar-refractivity contribution < 1.29 is 14.3 Å². The quantitative estimate of drug-likeness (QED) is 0.332. The summed E-state index contributed by atoms with van der Waals surface area (Å²) >= 11 is 12.5. The first-order valence-corrected chi connectivity index (χ1v) is 14.9. The number of ether oxygens (including phenoxy) is 1. The van der Waals surface area contributed by atoms with Crippen LogP contribution in [0.4, 0.5) is 5.69 Å². The number of amides is 2. The molecule has 3 aromatic carbocycles. The fourth-order valence-electron chi connectivity index (χ4n) is 5.55.